The molecular weight excluding hydrogens is 691 g/mol. The highest BCUT2D eigenvalue weighted by Crippen LogP contribution is 2.16. The first-order valence-corrected chi connectivity index (χ1v) is 22.9. The number of carboxylic acid groups (broad SMARTS) is 1. The van der Waals surface area contributed by atoms with E-state index in [9.17, 15) is 19.5 Å². The predicted molar refractivity (Wildman–Crippen MR) is 229 cm³/mol. The lowest BCUT2D eigenvalue weighted by Crippen LogP contribution is -2.50. The number of nitrogens with zero attached hydrogens (tertiary/aromatic N) is 1. The van der Waals surface area contributed by atoms with E-state index >= 15 is 0 Å². The summed E-state index contributed by atoms with van der Waals surface area (Å²) in [6.07, 6.45) is 42.2. The predicted octanol–water partition coefficient (Wildman–Crippen LogP) is 12.5. The summed E-state index contributed by atoms with van der Waals surface area (Å²) in [5.74, 6) is -1.47. The molecule has 55 heavy (non-hydrogen) atoms. The van der Waals surface area contributed by atoms with Crippen LogP contribution in [0.2, 0.25) is 0 Å². The smallest absolute Gasteiger partial charge is 0.362 e. The molecule has 0 aliphatic heterocycles. The number of hydrogen-bond acceptors (Lipinski definition) is 6. The maximum Gasteiger partial charge on any atom is 0.362 e. The molecule has 0 saturated carbocycles. The lowest BCUT2D eigenvalue weighted by molar-refractivity contribution is -0.887. The molecule has 0 fully saturated rings. The minimum atomic E-state index is -0.876. The molecule has 0 saturated heterocycles. The largest absolute Gasteiger partial charge is 0.477 e. The van der Waals surface area contributed by atoms with E-state index in [1.165, 1.54) is 103 Å². The van der Waals surface area contributed by atoms with Gasteiger partial charge in [0.15, 0.2) is 12.1 Å². The van der Waals surface area contributed by atoms with Crippen molar-refractivity contribution in [1.82, 2.24) is 0 Å². The molecule has 0 spiro atoms. The van der Waals surface area contributed by atoms with E-state index in [2.05, 4.69) is 38.2 Å². The van der Waals surface area contributed by atoms with Crippen LogP contribution in [0.15, 0.2) is 24.3 Å². The summed E-state index contributed by atoms with van der Waals surface area (Å²) in [5.41, 5.74) is 0. The molecule has 0 aromatic carbocycles. The second-order valence-corrected chi connectivity index (χ2v) is 16.7. The average Bonchev–Trinajstić information content (AvgIpc) is 3.14. The van der Waals surface area contributed by atoms with Gasteiger partial charge < -0.3 is 23.8 Å². The highest BCUT2D eigenvalue weighted by Gasteiger charge is 2.31. The Balaban J connectivity index is 4.28. The molecule has 2 atom stereocenters. The standard InChI is InChI=1S/C47H87NO7/c1-6-8-10-12-14-16-18-20-21-22-23-24-26-27-29-31-33-35-37-45(49)54-42-43(41-53-40-39-44(47(51)52)48(3,4)5)55-46(50)38-36-34-32-30-28-25-19-17-15-13-11-9-7-2/h11,13,17,19,43-44H,6-10,12,14-16,18,20-42H2,1-5H3/p+1/b13-11-,19-17-. The first kappa shape index (κ1) is 52.8. The van der Waals surface area contributed by atoms with Crippen molar-refractivity contribution in [2.75, 3.05) is 41.0 Å². The van der Waals surface area contributed by atoms with Gasteiger partial charge in [-0.05, 0) is 38.5 Å². The Bertz CT molecular complexity index is 957. The number of unbranched alkanes of at least 4 members (excludes halogenated alkanes) is 23. The van der Waals surface area contributed by atoms with E-state index in [-0.39, 0.29) is 36.2 Å². The minimum Gasteiger partial charge on any atom is -0.477 e. The fourth-order valence-electron chi connectivity index (χ4n) is 6.78. The van der Waals surface area contributed by atoms with Crippen LogP contribution in [0, 0.1) is 0 Å². The summed E-state index contributed by atoms with van der Waals surface area (Å²) in [4.78, 5) is 37.0. The van der Waals surface area contributed by atoms with E-state index in [4.69, 9.17) is 14.2 Å². The summed E-state index contributed by atoms with van der Waals surface area (Å²) in [5, 5.41) is 9.62. The quantitative estimate of drug-likeness (QED) is 0.0285. The van der Waals surface area contributed by atoms with Gasteiger partial charge in [-0.25, -0.2) is 4.79 Å². The number of hydrogen-bond donors (Lipinski definition) is 1. The molecule has 0 aromatic rings. The van der Waals surface area contributed by atoms with Gasteiger partial charge in [0.1, 0.15) is 6.61 Å². The molecule has 0 aliphatic rings. The molecule has 322 valence electrons. The zero-order chi connectivity index (χ0) is 40.7. The van der Waals surface area contributed by atoms with Crippen LogP contribution in [0.1, 0.15) is 206 Å². The van der Waals surface area contributed by atoms with Crippen molar-refractivity contribution in [3.8, 4) is 0 Å². The van der Waals surface area contributed by atoms with E-state index in [0.717, 1.165) is 70.6 Å². The lowest BCUT2D eigenvalue weighted by Gasteiger charge is -2.31. The van der Waals surface area contributed by atoms with Crippen molar-refractivity contribution < 1.29 is 38.2 Å². The Labute approximate surface area is 339 Å². The fraction of sp³-hybridized carbons (Fsp3) is 0.851. The topological polar surface area (TPSA) is 99.1 Å². The fourth-order valence-corrected chi connectivity index (χ4v) is 6.78. The molecule has 0 aromatic heterocycles. The number of aliphatic carboxylic acids is 1. The third-order valence-electron chi connectivity index (χ3n) is 10.3. The zero-order valence-corrected chi connectivity index (χ0v) is 36.6. The Hall–Kier alpha value is -2.19. The van der Waals surface area contributed by atoms with Gasteiger partial charge in [-0.15, -0.1) is 0 Å². The van der Waals surface area contributed by atoms with Gasteiger partial charge in [-0.3, -0.25) is 9.59 Å². The van der Waals surface area contributed by atoms with E-state index < -0.39 is 18.1 Å². The van der Waals surface area contributed by atoms with E-state index in [0.29, 0.717) is 19.3 Å². The number of rotatable bonds is 41. The molecular formula is C47H88NO7+. The number of esters is 2. The number of carboxylic acids is 1. The Kier molecular flexibility index (Phi) is 37.1. The van der Waals surface area contributed by atoms with Gasteiger partial charge >= 0.3 is 17.9 Å². The molecule has 2 unspecified atom stereocenters. The van der Waals surface area contributed by atoms with Crippen LogP contribution >= 0.6 is 0 Å². The molecule has 0 rings (SSSR count). The number of allylic oxidation sites excluding steroid dienone is 4. The maximum atomic E-state index is 12.7. The van der Waals surface area contributed by atoms with Gasteiger partial charge in [-0.2, -0.15) is 0 Å². The average molecular weight is 779 g/mol. The van der Waals surface area contributed by atoms with Crippen molar-refractivity contribution in [2.45, 2.75) is 219 Å². The molecule has 1 N–H and O–H groups in total. The van der Waals surface area contributed by atoms with Gasteiger partial charge in [-0.1, -0.05) is 173 Å². The normalized spacial score (nSPS) is 13.1. The molecule has 0 aliphatic carbocycles. The van der Waals surface area contributed by atoms with Crippen molar-refractivity contribution in [3.63, 3.8) is 0 Å². The molecule has 0 bridgehead atoms. The summed E-state index contributed by atoms with van der Waals surface area (Å²) in [6, 6.07) is -0.614. The monoisotopic (exact) mass is 779 g/mol. The third-order valence-corrected chi connectivity index (χ3v) is 10.3. The zero-order valence-electron chi connectivity index (χ0n) is 36.6. The van der Waals surface area contributed by atoms with Crippen LogP contribution in [0.25, 0.3) is 0 Å². The maximum absolute atomic E-state index is 12.7. The summed E-state index contributed by atoms with van der Waals surface area (Å²) in [6.45, 7) is 4.68. The van der Waals surface area contributed by atoms with Gasteiger partial charge in [0.2, 0.25) is 0 Å². The highest BCUT2D eigenvalue weighted by atomic mass is 16.6. The van der Waals surface area contributed by atoms with Crippen LogP contribution in [-0.2, 0) is 28.6 Å². The van der Waals surface area contributed by atoms with Crippen molar-refractivity contribution in [2.24, 2.45) is 0 Å². The second kappa shape index (κ2) is 38.7. The highest BCUT2D eigenvalue weighted by molar-refractivity contribution is 5.72. The number of quaternary nitrogens is 1. The lowest BCUT2D eigenvalue weighted by atomic mass is 10.0. The van der Waals surface area contributed by atoms with Crippen LogP contribution < -0.4 is 0 Å². The number of carbonyl (C=O) groups is 3. The Morgan fingerprint density at radius 2 is 1.00 bits per heavy atom. The molecule has 0 amide bonds. The summed E-state index contributed by atoms with van der Waals surface area (Å²) < 4.78 is 17.3. The van der Waals surface area contributed by atoms with Gasteiger partial charge in [0.05, 0.1) is 34.4 Å². The SMILES string of the molecule is CCC/C=C\C/C=C\CCCCCCCC(=O)OC(COCCC(C(=O)O)[N+](C)(C)C)COC(=O)CCCCCCCCCCCCCCCCCCCC. The van der Waals surface area contributed by atoms with Crippen molar-refractivity contribution in [3.05, 3.63) is 24.3 Å². The van der Waals surface area contributed by atoms with E-state index in [1.54, 1.807) is 0 Å². The molecule has 8 heteroatoms. The Morgan fingerprint density at radius 1 is 0.545 bits per heavy atom. The minimum absolute atomic E-state index is 0.0524. The van der Waals surface area contributed by atoms with Crippen LogP contribution in [0.5, 0.6) is 0 Å². The third kappa shape index (κ3) is 37.2. The first-order chi connectivity index (χ1) is 26.6. The number of likely N-dealkylation sites (N-methyl/N-ethyl adjacent to an activating group) is 1. The van der Waals surface area contributed by atoms with Gasteiger partial charge in [0.25, 0.3) is 0 Å². The second-order valence-electron chi connectivity index (χ2n) is 16.7. The molecule has 0 radical (unpaired) electrons. The first-order valence-electron chi connectivity index (χ1n) is 22.9. The number of carbonyl (C=O) groups excluding carboxylic acids is 2. The van der Waals surface area contributed by atoms with Crippen molar-refractivity contribution in [1.29, 1.82) is 0 Å². The van der Waals surface area contributed by atoms with Crippen molar-refractivity contribution >= 4 is 17.9 Å². The van der Waals surface area contributed by atoms with E-state index in [1.807, 2.05) is 21.1 Å². The van der Waals surface area contributed by atoms with Crippen LogP contribution in [0.4, 0.5) is 0 Å². The van der Waals surface area contributed by atoms with Gasteiger partial charge in [0, 0.05) is 19.3 Å². The Morgan fingerprint density at radius 3 is 1.47 bits per heavy atom. The van der Waals surface area contributed by atoms with Crippen LogP contribution in [-0.4, -0.2) is 80.6 Å². The summed E-state index contributed by atoms with van der Waals surface area (Å²) >= 11 is 0. The number of ether oxygens (including phenoxy) is 3. The molecule has 0 heterocycles. The van der Waals surface area contributed by atoms with Crippen LogP contribution in [0.3, 0.4) is 0 Å². The molecule has 8 nitrogen and oxygen atoms in total. The summed E-state index contributed by atoms with van der Waals surface area (Å²) in [7, 11) is 5.53.